The predicted molar refractivity (Wildman–Crippen MR) is 157 cm³/mol. The molecule has 1 fully saturated rings. The number of aromatic amines is 1. The average molecular weight is 521 g/mol. The Morgan fingerprint density at radius 3 is 2.38 bits per heavy atom. The highest BCUT2D eigenvalue weighted by Gasteiger charge is 2.19. The van der Waals surface area contributed by atoms with Gasteiger partial charge in [0, 0.05) is 67.0 Å². The Kier molecular flexibility index (Phi) is 9.09. The summed E-state index contributed by atoms with van der Waals surface area (Å²) in [6.07, 6.45) is 12.4. The van der Waals surface area contributed by atoms with Crippen LogP contribution in [-0.2, 0) is 0 Å². The molecule has 1 saturated heterocycles. The number of hydrogen-bond donors (Lipinski definition) is 1. The molecule has 0 bridgehead atoms. The third-order valence-corrected chi connectivity index (χ3v) is 8.26. The van der Waals surface area contributed by atoms with E-state index in [1.165, 1.54) is 67.4 Å². The van der Waals surface area contributed by atoms with Crippen LogP contribution in [0.5, 0.6) is 5.75 Å². The minimum absolute atomic E-state index is 0.785. The van der Waals surface area contributed by atoms with Gasteiger partial charge in [0.15, 0.2) is 0 Å². The molecule has 6 heteroatoms. The second-order valence-electron chi connectivity index (χ2n) is 10.4. The number of para-hydroxylation sites is 2. The molecule has 2 aromatic carbocycles. The summed E-state index contributed by atoms with van der Waals surface area (Å²) < 4.78 is 5.55. The van der Waals surface area contributed by atoms with Crippen molar-refractivity contribution in [2.45, 2.75) is 38.5 Å². The predicted octanol–water partition coefficient (Wildman–Crippen LogP) is 6.69. The molecule has 0 amide bonds. The van der Waals surface area contributed by atoms with Crippen LogP contribution in [0.4, 0.5) is 5.69 Å². The maximum Gasteiger partial charge on any atom is 0.142 e. The summed E-state index contributed by atoms with van der Waals surface area (Å²) in [4.78, 5) is 11.1. The summed E-state index contributed by atoms with van der Waals surface area (Å²) in [5.74, 6) is 0.983. The van der Waals surface area contributed by atoms with E-state index in [1.807, 2.05) is 18.2 Å². The van der Waals surface area contributed by atoms with Crippen LogP contribution in [-0.4, -0.2) is 74.3 Å². The van der Waals surface area contributed by atoms with Crippen molar-refractivity contribution in [3.8, 4) is 5.75 Å². The molecule has 1 N–H and O–H groups in total. The first-order valence-corrected chi connectivity index (χ1v) is 14.4. The van der Waals surface area contributed by atoms with E-state index < -0.39 is 0 Å². The fourth-order valence-corrected chi connectivity index (χ4v) is 6.00. The Balaban J connectivity index is 0.938. The number of aromatic nitrogens is 1. The standard InChI is InChI=1S/C31H41ClN4O/c1-37-31-10-6-5-9-30(31)36-21-19-35(20-22-36)16-8-4-2-3-7-15-34-17-13-25(14-18-34)28-24-33-29-23-26(32)11-12-27(28)29/h5-6,9-13,23-24,33H,2-4,7-8,14-22H2,1H3. The highest BCUT2D eigenvalue weighted by atomic mass is 35.5. The quantitative estimate of drug-likeness (QED) is 0.285. The molecule has 0 atom stereocenters. The van der Waals surface area contributed by atoms with Crippen molar-refractivity contribution < 1.29 is 4.74 Å². The number of methoxy groups -OCH3 is 1. The van der Waals surface area contributed by atoms with Crippen molar-refractivity contribution in [2.75, 3.05) is 64.4 Å². The zero-order valence-corrected chi connectivity index (χ0v) is 23.0. The molecule has 0 unspecified atom stereocenters. The van der Waals surface area contributed by atoms with Gasteiger partial charge in [0.2, 0.25) is 0 Å². The second-order valence-corrected chi connectivity index (χ2v) is 10.9. The van der Waals surface area contributed by atoms with E-state index in [0.29, 0.717) is 0 Å². The summed E-state index contributed by atoms with van der Waals surface area (Å²) in [6.45, 7) is 9.15. The maximum absolute atomic E-state index is 6.14. The molecule has 5 rings (SSSR count). The number of benzene rings is 2. The number of halogens is 1. The maximum atomic E-state index is 6.14. The molecule has 0 spiro atoms. The van der Waals surface area contributed by atoms with Crippen molar-refractivity contribution >= 4 is 33.8 Å². The van der Waals surface area contributed by atoms with E-state index >= 15 is 0 Å². The Morgan fingerprint density at radius 1 is 0.865 bits per heavy atom. The lowest BCUT2D eigenvalue weighted by molar-refractivity contribution is 0.250. The molecule has 0 saturated carbocycles. The number of nitrogens with one attached hydrogen (secondary N) is 1. The smallest absolute Gasteiger partial charge is 0.142 e. The third kappa shape index (κ3) is 6.70. The van der Waals surface area contributed by atoms with E-state index in [-0.39, 0.29) is 0 Å². The van der Waals surface area contributed by atoms with Gasteiger partial charge < -0.3 is 14.6 Å². The summed E-state index contributed by atoms with van der Waals surface area (Å²) in [6, 6.07) is 14.5. The normalized spacial score (nSPS) is 17.4. The number of H-pyrrole nitrogens is 1. The van der Waals surface area contributed by atoms with Crippen LogP contribution < -0.4 is 9.64 Å². The van der Waals surface area contributed by atoms with Crippen molar-refractivity contribution in [3.05, 3.63) is 65.3 Å². The minimum Gasteiger partial charge on any atom is -0.495 e. The molecule has 2 aliphatic rings. The number of ether oxygens (including phenoxy) is 1. The number of fused-ring (bicyclic) bond motifs is 1. The van der Waals surface area contributed by atoms with Gasteiger partial charge >= 0.3 is 0 Å². The lowest BCUT2D eigenvalue weighted by Gasteiger charge is -2.36. The molecular weight excluding hydrogens is 480 g/mol. The van der Waals surface area contributed by atoms with Crippen molar-refractivity contribution in [3.63, 3.8) is 0 Å². The summed E-state index contributed by atoms with van der Waals surface area (Å²) in [5.41, 5.74) is 5.16. The zero-order valence-electron chi connectivity index (χ0n) is 22.2. The molecule has 37 heavy (non-hydrogen) atoms. The number of rotatable bonds is 11. The van der Waals surface area contributed by atoms with Crippen LogP contribution in [0.15, 0.2) is 54.7 Å². The first-order valence-electron chi connectivity index (χ1n) is 14.0. The first-order chi connectivity index (χ1) is 18.2. The highest BCUT2D eigenvalue weighted by molar-refractivity contribution is 6.31. The van der Waals surface area contributed by atoms with E-state index in [4.69, 9.17) is 16.3 Å². The molecule has 2 aliphatic heterocycles. The van der Waals surface area contributed by atoms with Crippen LogP contribution in [0.25, 0.3) is 16.5 Å². The summed E-state index contributed by atoms with van der Waals surface area (Å²) >= 11 is 6.14. The summed E-state index contributed by atoms with van der Waals surface area (Å²) in [5, 5.41) is 2.06. The van der Waals surface area contributed by atoms with E-state index in [2.05, 4.69) is 56.2 Å². The lowest BCUT2D eigenvalue weighted by Crippen LogP contribution is -2.46. The molecular formula is C31H41ClN4O. The monoisotopic (exact) mass is 520 g/mol. The largest absolute Gasteiger partial charge is 0.495 e. The SMILES string of the molecule is COc1ccccc1N1CCN(CCCCCCCN2CC=C(c3c[nH]c4cc(Cl)ccc34)CC2)CC1. The van der Waals surface area contributed by atoms with Crippen molar-refractivity contribution in [1.82, 2.24) is 14.8 Å². The molecule has 0 aliphatic carbocycles. The van der Waals surface area contributed by atoms with Gasteiger partial charge in [0.1, 0.15) is 5.75 Å². The van der Waals surface area contributed by atoms with E-state index in [0.717, 1.165) is 62.0 Å². The van der Waals surface area contributed by atoms with E-state index in [9.17, 15) is 0 Å². The van der Waals surface area contributed by atoms with Crippen molar-refractivity contribution in [1.29, 1.82) is 0 Å². The van der Waals surface area contributed by atoms with Crippen LogP contribution in [0.3, 0.4) is 0 Å². The van der Waals surface area contributed by atoms with Gasteiger partial charge in [-0.2, -0.15) is 0 Å². The molecule has 198 valence electrons. The number of nitrogens with zero attached hydrogens (tertiary/aromatic N) is 3. The fourth-order valence-electron chi connectivity index (χ4n) is 5.83. The van der Waals surface area contributed by atoms with E-state index in [1.54, 1.807) is 7.11 Å². The van der Waals surface area contributed by atoms with Crippen LogP contribution in [0.1, 0.15) is 44.1 Å². The van der Waals surface area contributed by atoms with Gasteiger partial charge in [-0.1, -0.05) is 55.1 Å². The molecule has 3 aromatic rings. The topological polar surface area (TPSA) is 34.7 Å². The third-order valence-electron chi connectivity index (χ3n) is 8.03. The molecule has 0 radical (unpaired) electrons. The van der Waals surface area contributed by atoms with Gasteiger partial charge in [0.25, 0.3) is 0 Å². The average Bonchev–Trinajstić information content (AvgIpc) is 3.36. The molecule has 5 nitrogen and oxygen atoms in total. The van der Waals surface area contributed by atoms with Gasteiger partial charge in [-0.15, -0.1) is 0 Å². The first kappa shape index (κ1) is 26.1. The van der Waals surface area contributed by atoms with Gasteiger partial charge in [-0.25, -0.2) is 0 Å². The zero-order chi connectivity index (χ0) is 25.5. The minimum atomic E-state index is 0.785. The Labute approximate surface area is 227 Å². The van der Waals surface area contributed by atoms with Crippen molar-refractivity contribution in [2.24, 2.45) is 0 Å². The molecule has 1 aromatic heterocycles. The second kappa shape index (κ2) is 12.9. The van der Waals surface area contributed by atoms with Crippen LogP contribution >= 0.6 is 11.6 Å². The number of unbranched alkanes of at least 4 members (excludes halogenated alkanes) is 4. The van der Waals surface area contributed by atoms with Gasteiger partial charge in [-0.05, 0) is 62.2 Å². The number of piperazine rings is 1. The fraction of sp³-hybridized carbons (Fsp3) is 0.484. The Morgan fingerprint density at radius 2 is 1.62 bits per heavy atom. The highest BCUT2D eigenvalue weighted by Crippen LogP contribution is 2.31. The Bertz CT molecular complexity index is 1180. The number of hydrogen-bond acceptors (Lipinski definition) is 4. The van der Waals surface area contributed by atoms with Crippen LogP contribution in [0.2, 0.25) is 5.02 Å². The lowest BCUT2D eigenvalue weighted by atomic mass is 9.98. The summed E-state index contributed by atoms with van der Waals surface area (Å²) in [7, 11) is 1.76. The van der Waals surface area contributed by atoms with Gasteiger partial charge in [-0.3, -0.25) is 9.80 Å². The number of anilines is 1. The van der Waals surface area contributed by atoms with Gasteiger partial charge in [0.05, 0.1) is 12.8 Å². The van der Waals surface area contributed by atoms with Crippen LogP contribution in [0, 0.1) is 0 Å². The molecule has 3 heterocycles. The Hall–Kier alpha value is -2.47.